The van der Waals surface area contributed by atoms with Gasteiger partial charge in [-0.15, -0.1) is 0 Å². The lowest BCUT2D eigenvalue weighted by Gasteiger charge is -2.21. The minimum Gasteiger partial charge on any atom is -0.497 e. The Labute approximate surface area is 155 Å². The molecule has 5 nitrogen and oxygen atoms in total. The van der Waals surface area contributed by atoms with Crippen LogP contribution in [0.25, 0.3) is 0 Å². The number of carbonyl (C=O) groups is 1. The van der Waals surface area contributed by atoms with Gasteiger partial charge in [0.1, 0.15) is 23.9 Å². The zero-order valence-corrected chi connectivity index (χ0v) is 15.8. The van der Waals surface area contributed by atoms with Crippen molar-refractivity contribution in [2.24, 2.45) is 5.92 Å². The van der Waals surface area contributed by atoms with Crippen LogP contribution in [0.1, 0.15) is 25.3 Å². The summed E-state index contributed by atoms with van der Waals surface area (Å²) in [6.45, 7) is 4.94. The molecule has 1 unspecified atom stereocenters. The molecule has 0 bridgehead atoms. The highest BCUT2D eigenvalue weighted by atomic mass is 16.5. The molecule has 2 rings (SSSR count). The van der Waals surface area contributed by atoms with Crippen LogP contribution in [-0.2, 0) is 4.79 Å². The van der Waals surface area contributed by atoms with Gasteiger partial charge in [0.2, 0.25) is 5.91 Å². The fourth-order valence-electron chi connectivity index (χ4n) is 2.78. The number of carbonyl (C=O) groups excluding carboxylic acids is 1. The van der Waals surface area contributed by atoms with Crippen LogP contribution in [0.5, 0.6) is 17.2 Å². The SMILES string of the molecule is COc1ccc(OCCNC(=O)C(c2ccc(OC)cc2)C(C)C)cc1. The summed E-state index contributed by atoms with van der Waals surface area (Å²) in [5.74, 6) is 2.29. The molecule has 0 radical (unpaired) electrons. The van der Waals surface area contributed by atoms with Gasteiger partial charge in [0, 0.05) is 0 Å². The van der Waals surface area contributed by atoms with Gasteiger partial charge in [-0.2, -0.15) is 0 Å². The van der Waals surface area contributed by atoms with Crippen LogP contribution in [0.4, 0.5) is 0 Å². The normalized spacial score (nSPS) is 11.7. The summed E-state index contributed by atoms with van der Waals surface area (Å²) in [5, 5.41) is 2.96. The van der Waals surface area contributed by atoms with Crippen LogP contribution >= 0.6 is 0 Å². The van der Waals surface area contributed by atoms with Gasteiger partial charge < -0.3 is 19.5 Å². The first-order chi connectivity index (χ1) is 12.5. The summed E-state index contributed by atoms with van der Waals surface area (Å²) in [6, 6.07) is 15.0. The molecule has 1 N–H and O–H groups in total. The van der Waals surface area contributed by atoms with Gasteiger partial charge in [-0.05, 0) is 47.9 Å². The number of amides is 1. The predicted octanol–water partition coefficient (Wildman–Crippen LogP) is 3.64. The smallest absolute Gasteiger partial charge is 0.227 e. The quantitative estimate of drug-likeness (QED) is 0.696. The van der Waals surface area contributed by atoms with E-state index >= 15 is 0 Å². The number of benzene rings is 2. The molecule has 0 saturated heterocycles. The minimum absolute atomic E-state index is 0.00324. The van der Waals surface area contributed by atoms with E-state index in [2.05, 4.69) is 5.32 Å². The van der Waals surface area contributed by atoms with Gasteiger partial charge in [-0.1, -0.05) is 26.0 Å². The van der Waals surface area contributed by atoms with E-state index < -0.39 is 0 Å². The molecule has 26 heavy (non-hydrogen) atoms. The molecule has 0 fully saturated rings. The topological polar surface area (TPSA) is 56.8 Å². The highest BCUT2D eigenvalue weighted by Gasteiger charge is 2.23. The van der Waals surface area contributed by atoms with E-state index in [-0.39, 0.29) is 17.7 Å². The Morgan fingerprint density at radius 1 is 0.885 bits per heavy atom. The molecule has 140 valence electrons. The van der Waals surface area contributed by atoms with Crippen molar-refractivity contribution in [2.45, 2.75) is 19.8 Å². The highest BCUT2D eigenvalue weighted by molar-refractivity contribution is 5.83. The van der Waals surface area contributed by atoms with Crippen molar-refractivity contribution >= 4 is 5.91 Å². The molecule has 0 spiro atoms. The van der Waals surface area contributed by atoms with Gasteiger partial charge in [0.05, 0.1) is 26.7 Å². The third-order valence-electron chi connectivity index (χ3n) is 4.15. The summed E-state index contributed by atoms with van der Waals surface area (Å²) in [7, 11) is 3.25. The second-order valence-electron chi connectivity index (χ2n) is 6.31. The fraction of sp³-hybridized carbons (Fsp3) is 0.381. The summed E-state index contributed by atoms with van der Waals surface area (Å²) in [4.78, 5) is 12.6. The standard InChI is InChI=1S/C21H27NO4/c1-15(2)20(16-5-7-17(24-3)8-6-16)21(23)22-13-14-26-19-11-9-18(25-4)10-12-19/h5-12,15,20H,13-14H2,1-4H3,(H,22,23). The molecule has 0 aliphatic carbocycles. The van der Waals surface area contributed by atoms with Gasteiger partial charge in [-0.3, -0.25) is 4.79 Å². The van der Waals surface area contributed by atoms with Crippen molar-refractivity contribution in [1.29, 1.82) is 0 Å². The number of nitrogens with one attached hydrogen (secondary N) is 1. The van der Waals surface area contributed by atoms with Crippen molar-refractivity contribution in [1.82, 2.24) is 5.32 Å². The third-order valence-corrected chi connectivity index (χ3v) is 4.15. The van der Waals surface area contributed by atoms with Crippen LogP contribution in [0, 0.1) is 5.92 Å². The summed E-state index contributed by atoms with van der Waals surface area (Å²) in [5.41, 5.74) is 0.981. The minimum atomic E-state index is -0.207. The molecule has 0 heterocycles. The van der Waals surface area contributed by atoms with Crippen molar-refractivity contribution < 1.29 is 19.0 Å². The molecule has 1 atom stereocenters. The van der Waals surface area contributed by atoms with E-state index in [0.29, 0.717) is 13.2 Å². The van der Waals surface area contributed by atoms with Crippen molar-refractivity contribution in [3.8, 4) is 17.2 Å². The van der Waals surface area contributed by atoms with Crippen molar-refractivity contribution in [2.75, 3.05) is 27.4 Å². The molecule has 0 aliphatic heterocycles. The largest absolute Gasteiger partial charge is 0.497 e. The average molecular weight is 357 g/mol. The van der Waals surface area contributed by atoms with Crippen molar-refractivity contribution in [3.05, 3.63) is 54.1 Å². The van der Waals surface area contributed by atoms with Crippen molar-refractivity contribution in [3.63, 3.8) is 0 Å². The van der Waals surface area contributed by atoms with E-state index in [9.17, 15) is 4.79 Å². The third kappa shape index (κ3) is 5.41. The number of ether oxygens (including phenoxy) is 3. The maximum absolute atomic E-state index is 12.6. The van der Waals surface area contributed by atoms with Crippen LogP contribution in [-0.4, -0.2) is 33.3 Å². The van der Waals surface area contributed by atoms with E-state index in [1.54, 1.807) is 14.2 Å². The lowest BCUT2D eigenvalue weighted by molar-refractivity contribution is -0.123. The molecular formula is C21H27NO4. The van der Waals surface area contributed by atoms with E-state index in [4.69, 9.17) is 14.2 Å². The molecule has 5 heteroatoms. The van der Waals surface area contributed by atoms with E-state index in [0.717, 1.165) is 22.8 Å². The van der Waals surface area contributed by atoms with E-state index in [1.165, 1.54) is 0 Å². The van der Waals surface area contributed by atoms with Crippen LogP contribution < -0.4 is 19.5 Å². The van der Waals surface area contributed by atoms with Gasteiger partial charge in [0.25, 0.3) is 0 Å². The highest BCUT2D eigenvalue weighted by Crippen LogP contribution is 2.26. The first kappa shape index (κ1) is 19.6. The maximum Gasteiger partial charge on any atom is 0.227 e. The number of hydrogen-bond acceptors (Lipinski definition) is 4. The van der Waals surface area contributed by atoms with Gasteiger partial charge >= 0.3 is 0 Å². The zero-order chi connectivity index (χ0) is 18.9. The first-order valence-corrected chi connectivity index (χ1v) is 8.73. The molecule has 0 aliphatic rings. The van der Waals surface area contributed by atoms with Gasteiger partial charge in [0.15, 0.2) is 0 Å². The van der Waals surface area contributed by atoms with Crippen LogP contribution in [0.2, 0.25) is 0 Å². The molecule has 2 aromatic rings. The summed E-state index contributed by atoms with van der Waals surface area (Å²) in [6.07, 6.45) is 0. The lowest BCUT2D eigenvalue weighted by atomic mass is 9.87. The Bertz CT molecular complexity index is 680. The summed E-state index contributed by atoms with van der Waals surface area (Å²) < 4.78 is 15.9. The molecule has 2 aromatic carbocycles. The molecular weight excluding hydrogens is 330 g/mol. The Morgan fingerprint density at radius 3 is 1.88 bits per heavy atom. The zero-order valence-electron chi connectivity index (χ0n) is 15.8. The Morgan fingerprint density at radius 2 is 1.38 bits per heavy atom. The van der Waals surface area contributed by atoms with Gasteiger partial charge in [-0.25, -0.2) is 0 Å². The Balaban J connectivity index is 1.86. The monoisotopic (exact) mass is 357 g/mol. The fourth-order valence-corrected chi connectivity index (χ4v) is 2.78. The Kier molecular flexibility index (Phi) is 7.33. The maximum atomic E-state index is 12.6. The number of hydrogen-bond donors (Lipinski definition) is 1. The van der Waals surface area contributed by atoms with Crippen LogP contribution in [0.3, 0.4) is 0 Å². The molecule has 1 amide bonds. The molecule has 0 saturated carbocycles. The number of methoxy groups -OCH3 is 2. The Hall–Kier alpha value is -2.69. The predicted molar refractivity (Wildman–Crippen MR) is 102 cm³/mol. The van der Waals surface area contributed by atoms with E-state index in [1.807, 2.05) is 62.4 Å². The lowest BCUT2D eigenvalue weighted by Crippen LogP contribution is -2.34. The second kappa shape index (κ2) is 9.70. The second-order valence-corrected chi connectivity index (χ2v) is 6.31. The molecule has 0 aromatic heterocycles. The average Bonchev–Trinajstić information content (AvgIpc) is 2.66. The number of rotatable bonds is 9. The van der Waals surface area contributed by atoms with Crippen LogP contribution in [0.15, 0.2) is 48.5 Å². The first-order valence-electron chi connectivity index (χ1n) is 8.73. The summed E-state index contributed by atoms with van der Waals surface area (Å²) >= 11 is 0.